The summed E-state index contributed by atoms with van der Waals surface area (Å²) in [6.45, 7) is 2.64. The van der Waals surface area contributed by atoms with Gasteiger partial charge >= 0.3 is 0 Å². The molecule has 0 spiro atoms. The highest BCUT2D eigenvalue weighted by Crippen LogP contribution is 2.10. The van der Waals surface area contributed by atoms with Crippen molar-refractivity contribution in [2.75, 3.05) is 11.1 Å². The minimum absolute atomic E-state index is 0.460. The first-order chi connectivity index (χ1) is 7.24. The van der Waals surface area contributed by atoms with E-state index < -0.39 is 0 Å². The van der Waals surface area contributed by atoms with Crippen LogP contribution in [0.3, 0.4) is 0 Å². The Hall–Kier alpha value is -1.69. The Balaban J connectivity index is 1.99. The summed E-state index contributed by atoms with van der Waals surface area (Å²) in [5.41, 5.74) is 6.54. The molecule has 0 saturated heterocycles. The third kappa shape index (κ3) is 2.63. The Labute approximate surface area is 91.4 Å². The standard InChI is InChI=1S/C9H11N5S/c1-6-14-7(4-15-6)3-11-9-2-8(10)12-5-13-9/h2,4-5H,3H2,1H3,(H3,10,11,12,13). The second-order valence-electron chi connectivity index (χ2n) is 3.04. The number of aryl methyl sites for hydroxylation is 1. The maximum atomic E-state index is 5.53. The first-order valence-corrected chi connectivity index (χ1v) is 5.34. The van der Waals surface area contributed by atoms with Gasteiger partial charge in [0.05, 0.1) is 17.2 Å². The smallest absolute Gasteiger partial charge is 0.131 e. The third-order valence-corrected chi connectivity index (χ3v) is 2.63. The highest BCUT2D eigenvalue weighted by Gasteiger charge is 1.99. The van der Waals surface area contributed by atoms with E-state index in [4.69, 9.17) is 5.73 Å². The molecule has 2 aromatic rings. The zero-order valence-corrected chi connectivity index (χ0v) is 9.08. The average molecular weight is 221 g/mol. The van der Waals surface area contributed by atoms with Crippen molar-refractivity contribution in [3.8, 4) is 0 Å². The van der Waals surface area contributed by atoms with E-state index in [1.807, 2.05) is 12.3 Å². The zero-order chi connectivity index (χ0) is 10.7. The molecule has 78 valence electrons. The highest BCUT2D eigenvalue weighted by molar-refractivity contribution is 7.09. The minimum atomic E-state index is 0.460. The molecule has 15 heavy (non-hydrogen) atoms. The summed E-state index contributed by atoms with van der Waals surface area (Å²) < 4.78 is 0. The van der Waals surface area contributed by atoms with E-state index >= 15 is 0 Å². The van der Waals surface area contributed by atoms with Crippen molar-refractivity contribution in [1.29, 1.82) is 0 Å². The fourth-order valence-corrected chi connectivity index (χ4v) is 1.75. The van der Waals surface area contributed by atoms with Gasteiger partial charge in [0, 0.05) is 11.4 Å². The maximum Gasteiger partial charge on any atom is 0.131 e. The van der Waals surface area contributed by atoms with E-state index in [9.17, 15) is 0 Å². The summed E-state index contributed by atoms with van der Waals surface area (Å²) in [4.78, 5) is 12.2. The summed E-state index contributed by atoms with van der Waals surface area (Å²) in [5, 5.41) is 6.21. The van der Waals surface area contributed by atoms with Crippen molar-refractivity contribution in [3.05, 3.63) is 28.5 Å². The summed E-state index contributed by atoms with van der Waals surface area (Å²) in [7, 11) is 0. The highest BCUT2D eigenvalue weighted by atomic mass is 32.1. The first-order valence-electron chi connectivity index (χ1n) is 4.46. The van der Waals surface area contributed by atoms with Gasteiger partial charge < -0.3 is 11.1 Å². The van der Waals surface area contributed by atoms with Crippen LogP contribution in [0, 0.1) is 6.92 Å². The molecule has 0 aliphatic heterocycles. The van der Waals surface area contributed by atoms with Crippen molar-refractivity contribution in [2.24, 2.45) is 0 Å². The van der Waals surface area contributed by atoms with Gasteiger partial charge in [0.15, 0.2) is 0 Å². The molecule has 0 fully saturated rings. The Morgan fingerprint density at radius 3 is 3.00 bits per heavy atom. The molecule has 0 atom stereocenters. The molecule has 0 unspecified atom stereocenters. The number of hydrogen-bond donors (Lipinski definition) is 2. The van der Waals surface area contributed by atoms with Crippen LogP contribution in [0.25, 0.3) is 0 Å². The Morgan fingerprint density at radius 1 is 1.47 bits per heavy atom. The Morgan fingerprint density at radius 2 is 2.33 bits per heavy atom. The molecular formula is C9H11N5S. The van der Waals surface area contributed by atoms with Gasteiger partial charge in [-0.15, -0.1) is 11.3 Å². The van der Waals surface area contributed by atoms with E-state index in [2.05, 4.69) is 20.3 Å². The van der Waals surface area contributed by atoms with Gasteiger partial charge in [-0.25, -0.2) is 15.0 Å². The molecule has 2 aromatic heterocycles. The predicted molar refractivity (Wildman–Crippen MR) is 60.6 cm³/mol. The number of nitrogen functional groups attached to an aromatic ring is 1. The molecule has 0 amide bonds. The van der Waals surface area contributed by atoms with Crippen molar-refractivity contribution in [2.45, 2.75) is 13.5 Å². The number of hydrogen-bond acceptors (Lipinski definition) is 6. The monoisotopic (exact) mass is 221 g/mol. The number of nitrogens with one attached hydrogen (secondary N) is 1. The molecule has 2 rings (SSSR count). The van der Waals surface area contributed by atoms with Gasteiger partial charge in [-0.3, -0.25) is 0 Å². The topological polar surface area (TPSA) is 76.7 Å². The van der Waals surface area contributed by atoms with Crippen LogP contribution >= 0.6 is 11.3 Å². The molecule has 0 aliphatic rings. The first kappa shape index (κ1) is 9.85. The lowest BCUT2D eigenvalue weighted by Crippen LogP contribution is -2.03. The van der Waals surface area contributed by atoms with Gasteiger partial charge in [0.1, 0.15) is 18.0 Å². The van der Waals surface area contributed by atoms with Gasteiger partial charge in [-0.05, 0) is 6.92 Å². The van der Waals surface area contributed by atoms with Crippen LogP contribution in [0.4, 0.5) is 11.6 Å². The molecule has 0 saturated carbocycles. The largest absolute Gasteiger partial charge is 0.384 e. The molecule has 0 radical (unpaired) electrons. The number of thiazole rings is 1. The van der Waals surface area contributed by atoms with Crippen LogP contribution in [-0.2, 0) is 6.54 Å². The van der Waals surface area contributed by atoms with Crippen molar-refractivity contribution in [3.63, 3.8) is 0 Å². The molecule has 3 N–H and O–H groups in total. The summed E-state index contributed by atoms with van der Waals surface area (Å²) in [5.74, 6) is 1.18. The number of anilines is 2. The minimum Gasteiger partial charge on any atom is -0.384 e. The van der Waals surface area contributed by atoms with Crippen LogP contribution in [0.2, 0.25) is 0 Å². The van der Waals surface area contributed by atoms with Crippen molar-refractivity contribution < 1.29 is 0 Å². The predicted octanol–water partition coefficient (Wildman–Crippen LogP) is 1.44. The molecule has 0 aliphatic carbocycles. The third-order valence-electron chi connectivity index (χ3n) is 1.81. The van der Waals surface area contributed by atoms with Crippen LogP contribution in [0.1, 0.15) is 10.7 Å². The molecule has 0 aromatic carbocycles. The SMILES string of the molecule is Cc1nc(CNc2cc(N)ncn2)cs1. The second-order valence-corrected chi connectivity index (χ2v) is 4.10. The molecule has 2 heterocycles. The van der Waals surface area contributed by atoms with Crippen LogP contribution in [0.5, 0.6) is 0 Å². The van der Waals surface area contributed by atoms with Gasteiger partial charge in [0.25, 0.3) is 0 Å². The molecular weight excluding hydrogens is 210 g/mol. The van der Waals surface area contributed by atoms with E-state index in [0.717, 1.165) is 10.7 Å². The Bertz CT molecular complexity index is 453. The van der Waals surface area contributed by atoms with E-state index in [1.54, 1.807) is 17.4 Å². The number of rotatable bonds is 3. The van der Waals surface area contributed by atoms with Crippen LogP contribution < -0.4 is 11.1 Å². The summed E-state index contributed by atoms with van der Waals surface area (Å²) in [6, 6.07) is 1.69. The molecule has 0 bridgehead atoms. The Kier molecular flexibility index (Phi) is 2.77. The number of nitrogens with zero attached hydrogens (tertiary/aromatic N) is 3. The van der Waals surface area contributed by atoms with Crippen LogP contribution in [0.15, 0.2) is 17.8 Å². The van der Waals surface area contributed by atoms with Gasteiger partial charge in [-0.2, -0.15) is 0 Å². The summed E-state index contributed by atoms with van der Waals surface area (Å²) in [6.07, 6.45) is 1.43. The van der Waals surface area contributed by atoms with Crippen LogP contribution in [-0.4, -0.2) is 15.0 Å². The van der Waals surface area contributed by atoms with Gasteiger partial charge in [-0.1, -0.05) is 0 Å². The van der Waals surface area contributed by atoms with Gasteiger partial charge in [0.2, 0.25) is 0 Å². The average Bonchev–Trinajstić information content (AvgIpc) is 2.62. The zero-order valence-electron chi connectivity index (χ0n) is 8.27. The lowest BCUT2D eigenvalue weighted by molar-refractivity contribution is 1.03. The fourth-order valence-electron chi connectivity index (χ4n) is 1.14. The lowest BCUT2D eigenvalue weighted by Gasteiger charge is -2.02. The number of nitrogens with two attached hydrogens (primary N) is 1. The lowest BCUT2D eigenvalue weighted by atomic mass is 10.4. The van der Waals surface area contributed by atoms with E-state index in [1.165, 1.54) is 6.33 Å². The fraction of sp³-hybridized carbons (Fsp3) is 0.222. The molecule has 6 heteroatoms. The van der Waals surface area contributed by atoms with E-state index in [0.29, 0.717) is 18.2 Å². The molecule has 5 nitrogen and oxygen atoms in total. The van der Waals surface area contributed by atoms with Crippen molar-refractivity contribution in [1.82, 2.24) is 15.0 Å². The van der Waals surface area contributed by atoms with Crippen molar-refractivity contribution >= 4 is 23.0 Å². The maximum absolute atomic E-state index is 5.53. The second kappa shape index (κ2) is 4.22. The quantitative estimate of drug-likeness (QED) is 0.820. The normalized spacial score (nSPS) is 10.2. The van der Waals surface area contributed by atoms with E-state index in [-0.39, 0.29) is 0 Å². The summed E-state index contributed by atoms with van der Waals surface area (Å²) >= 11 is 1.63. The number of aromatic nitrogens is 3.